The number of hydrogen-bond donors (Lipinski definition) is 1. The van der Waals surface area contributed by atoms with Gasteiger partial charge in [0, 0.05) is 5.92 Å². The zero-order chi connectivity index (χ0) is 13.8. The van der Waals surface area contributed by atoms with Crippen LogP contribution in [0.5, 0.6) is 0 Å². The van der Waals surface area contributed by atoms with Gasteiger partial charge in [-0.15, -0.1) is 0 Å². The summed E-state index contributed by atoms with van der Waals surface area (Å²) in [5, 5.41) is 14.6. The van der Waals surface area contributed by atoms with Crippen LogP contribution in [0.3, 0.4) is 0 Å². The van der Waals surface area contributed by atoms with Crippen LogP contribution in [0.1, 0.15) is 11.5 Å². The Balaban J connectivity index is 2.19. The van der Waals surface area contributed by atoms with E-state index >= 15 is 0 Å². The summed E-state index contributed by atoms with van der Waals surface area (Å²) in [6.07, 6.45) is 1.47. The minimum absolute atomic E-state index is 0.0518. The second kappa shape index (κ2) is 6.08. The molecular formula is C12H12ClN3O2S. The lowest BCUT2D eigenvalue weighted by atomic mass is 10.0. The van der Waals surface area contributed by atoms with Gasteiger partial charge in [-0.3, -0.25) is 0 Å². The summed E-state index contributed by atoms with van der Waals surface area (Å²) in [6, 6.07) is 9.84. The van der Waals surface area contributed by atoms with E-state index in [9.17, 15) is 10.1 Å². The average Bonchev–Trinajstić information content (AvgIpc) is 2.78. The quantitative estimate of drug-likeness (QED) is 0.524. The molecule has 0 bridgehead atoms. The number of aromatic nitrogens is 2. The molecule has 0 aliphatic carbocycles. The predicted octanol–water partition coefficient (Wildman–Crippen LogP) is 3.16. The summed E-state index contributed by atoms with van der Waals surface area (Å²) in [5.41, 5.74) is 1.12. The molecule has 100 valence electrons. The van der Waals surface area contributed by atoms with Gasteiger partial charge in [0.25, 0.3) is 0 Å². The van der Waals surface area contributed by atoms with Gasteiger partial charge in [-0.1, -0.05) is 41.9 Å². The summed E-state index contributed by atoms with van der Waals surface area (Å²) in [5.74, 6) is 0.433. The number of benzene rings is 1. The normalized spacial score (nSPS) is 12.3. The fraction of sp³-hybridized carbons (Fsp3) is 0.250. The van der Waals surface area contributed by atoms with Gasteiger partial charge in [-0.05, 0) is 16.2 Å². The van der Waals surface area contributed by atoms with Gasteiger partial charge >= 0.3 is 5.82 Å². The molecule has 0 aliphatic rings. The summed E-state index contributed by atoms with van der Waals surface area (Å²) < 4.78 is 1.49. The molecule has 1 unspecified atom stereocenters. The third kappa shape index (κ3) is 3.27. The van der Waals surface area contributed by atoms with Crippen molar-refractivity contribution < 1.29 is 4.92 Å². The van der Waals surface area contributed by atoms with E-state index in [2.05, 4.69) is 17.7 Å². The maximum Gasteiger partial charge on any atom is 0.408 e. The average molecular weight is 298 g/mol. The zero-order valence-electron chi connectivity index (χ0n) is 9.94. The highest BCUT2D eigenvalue weighted by Gasteiger charge is 2.21. The Morgan fingerprint density at radius 2 is 2.11 bits per heavy atom. The topological polar surface area (TPSA) is 61.0 Å². The molecule has 0 N–H and O–H groups in total. The summed E-state index contributed by atoms with van der Waals surface area (Å²) in [4.78, 5) is 10.1. The number of nitro groups is 1. The number of nitrogens with zero attached hydrogens (tertiary/aromatic N) is 3. The third-order valence-corrected chi connectivity index (χ3v) is 3.48. The molecule has 1 aromatic carbocycles. The first-order chi connectivity index (χ1) is 9.11. The smallest absolute Gasteiger partial charge is 0.358 e. The lowest BCUT2D eigenvalue weighted by Crippen LogP contribution is -2.11. The highest BCUT2D eigenvalue weighted by Crippen LogP contribution is 2.24. The van der Waals surface area contributed by atoms with Crippen molar-refractivity contribution in [3.8, 4) is 0 Å². The first-order valence-corrected chi connectivity index (χ1v) is 6.66. The van der Waals surface area contributed by atoms with E-state index < -0.39 is 4.92 Å². The Bertz CT molecular complexity index is 574. The van der Waals surface area contributed by atoms with E-state index in [1.165, 1.54) is 10.9 Å². The fourth-order valence-corrected chi connectivity index (χ4v) is 2.37. The minimum Gasteiger partial charge on any atom is -0.358 e. The van der Waals surface area contributed by atoms with E-state index in [-0.39, 0.29) is 16.8 Å². The number of hydrogen-bond acceptors (Lipinski definition) is 4. The van der Waals surface area contributed by atoms with Crippen LogP contribution in [-0.4, -0.2) is 20.5 Å². The lowest BCUT2D eigenvalue weighted by molar-refractivity contribution is -0.389. The van der Waals surface area contributed by atoms with Gasteiger partial charge in [0.05, 0.1) is 17.8 Å². The molecule has 0 fully saturated rings. The molecule has 0 saturated carbocycles. The highest BCUT2D eigenvalue weighted by atomic mass is 35.5. The molecule has 0 saturated heterocycles. The Morgan fingerprint density at radius 1 is 1.42 bits per heavy atom. The lowest BCUT2D eigenvalue weighted by Gasteiger charge is -2.12. The molecule has 2 aromatic rings. The second-order valence-electron chi connectivity index (χ2n) is 4.07. The molecule has 0 aliphatic heterocycles. The minimum atomic E-state index is -0.586. The molecule has 1 aromatic heterocycles. The van der Waals surface area contributed by atoms with Gasteiger partial charge in [0.1, 0.15) is 0 Å². The van der Waals surface area contributed by atoms with Crippen LogP contribution in [0.25, 0.3) is 0 Å². The van der Waals surface area contributed by atoms with Crippen LogP contribution < -0.4 is 0 Å². The molecular weight excluding hydrogens is 286 g/mol. The summed E-state index contributed by atoms with van der Waals surface area (Å²) in [7, 11) is 0. The van der Waals surface area contributed by atoms with Gasteiger partial charge in [0.2, 0.25) is 0 Å². The van der Waals surface area contributed by atoms with Crippen LogP contribution in [0, 0.1) is 10.1 Å². The molecule has 1 atom stereocenters. The SMILES string of the molecule is O=[N+]([O-])c1nn(CC(CS)c2ccccc2)cc1Cl. The Kier molecular flexibility index (Phi) is 4.44. The standard InChI is InChI=1S/C12H12ClN3O2S/c13-11-7-15(14-12(11)16(17)18)6-10(8-19)9-4-2-1-3-5-9/h1-5,7,10,19H,6,8H2. The fourth-order valence-electron chi connectivity index (χ4n) is 1.82. The van der Waals surface area contributed by atoms with Gasteiger partial charge in [0.15, 0.2) is 5.02 Å². The molecule has 19 heavy (non-hydrogen) atoms. The van der Waals surface area contributed by atoms with E-state index in [1.54, 1.807) is 0 Å². The van der Waals surface area contributed by atoms with Crippen LogP contribution in [-0.2, 0) is 6.54 Å². The molecule has 7 heteroatoms. The van der Waals surface area contributed by atoms with Crippen LogP contribution in [0.15, 0.2) is 36.5 Å². The number of rotatable bonds is 5. The van der Waals surface area contributed by atoms with Crippen molar-refractivity contribution in [2.24, 2.45) is 0 Å². The van der Waals surface area contributed by atoms with E-state index in [4.69, 9.17) is 11.6 Å². The van der Waals surface area contributed by atoms with Crippen molar-refractivity contribution in [3.63, 3.8) is 0 Å². The van der Waals surface area contributed by atoms with Gasteiger partial charge in [-0.2, -0.15) is 17.3 Å². The highest BCUT2D eigenvalue weighted by molar-refractivity contribution is 7.80. The van der Waals surface area contributed by atoms with Crippen molar-refractivity contribution in [2.75, 3.05) is 5.75 Å². The van der Waals surface area contributed by atoms with E-state index in [1.807, 2.05) is 30.3 Å². The van der Waals surface area contributed by atoms with Crippen molar-refractivity contribution in [3.05, 3.63) is 57.2 Å². The van der Waals surface area contributed by atoms with Gasteiger partial charge in [-0.25, -0.2) is 0 Å². The molecule has 1 heterocycles. The number of halogens is 1. The zero-order valence-corrected chi connectivity index (χ0v) is 11.6. The van der Waals surface area contributed by atoms with Crippen LogP contribution in [0.4, 0.5) is 5.82 Å². The molecule has 5 nitrogen and oxygen atoms in total. The van der Waals surface area contributed by atoms with Crippen LogP contribution >= 0.6 is 24.2 Å². The first kappa shape index (κ1) is 13.9. The summed E-state index contributed by atoms with van der Waals surface area (Å²) in [6.45, 7) is 0.501. The molecule has 0 radical (unpaired) electrons. The maximum absolute atomic E-state index is 10.7. The monoisotopic (exact) mass is 297 g/mol. The van der Waals surface area contributed by atoms with Crippen LogP contribution in [0.2, 0.25) is 5.02 Å². The molecule has 2 rings (SSSR count). The Hall–Kier alpha value is -1.53. The maximum atomic E-state index is 10.7. The second-order valence-corrected chi connectivity index (χ2v) is 4.84. The Morgan fingerprint density at radius 3 is 2.63 bits per heavy atom. The van der Waals surface area contributed by atoms with E-state index in [0.717, 1.165) is 5.56 Å². The number of thiol groups is 1. The Labute approximate surface area is 120 Å². The van der Waals surface area contributed by atoms with Gasteiger partial charge < -0.3 is 10.1 Å². The predicted molar refractivity (Wildman–Crippen MR) is 76.9 cm³/mol. The largest absolute Gasteiger partial charge is 0.408 e. The molecule has 0 spiro atoms. The summed E-state index contributed by atoms with van der Waals surface area (Å²) >= 11 is 10.1. The van der Waals surface area contributed by atoms with E-state index in [0.29, 0.717) is 12.3 Å². The van der Waals surface area contributed by atoms with Crippen molar-refractivity contribution in [1.82, 2.24) is 9.78 Å². The first-order valence-electron chi connectivity index (χ1n) is 5.65. The van der Waals surface area contributed by atoms with Crippen molar-refractivity contribution in [1.29, 1.82) is 0 Å². The van der Waals surface area contributed by atoms with Crippen molar-refractivity contribution in [2.45, 2.75) is 12.5 Å². The third-order valence-electron chi connectivity index (χ3n) is 2.77. The molecule has 0 amide bonds. The van der Waals surface area contributed by atoms with Crippen molar-refractivity contribution >= 4 is 30.0 Å².